The summed E-state index contributed by atoms with van der Waals surface area (Å²) in [5.41, 5.74) is 2.98. The highest BCUT2D eigenvalue weighted by Gasteiger charge is 2.22. The van der Waals surface area contributed by atoms with E-state index < -0.39 is 0 Å². The van der Waals surface area contributed by atoms with Gasteiger partial charge in [0.1, 0.15) is 0 Å². The van der Waals surface area contributed by atoms with Crippen molar-refractivity contribution in [2.45, 2.75) is 0 Å². The van der Waals surface area contributed by atoms with Crippen LogP contribution < -0.4 is 10.3 Å². The first kappa shape index (κ1) is 6.40. The minimum absolute atomic E-state index is 0.176. The minimum Gasteiger partial charge on any atom is -0.374 e. The first-order valence-corrected chi connectivity index (χ1v) is 3.57. The van der Waals surface area contributed by atoms with Crippen molar-refractivity contribution in [1.82, 2.24) is 0 Å². The molecule has 0 unspecified atom stereocenters. The lowest BCUT2D eigenvalue weighted by atomic mass is 10.0. The Hall–Kier alpha value is -1.31. The number of anilines is 1. The smallest absolute Gasteiger partial charge is 0.210 e. The van der Waals surface area contributed by atoms with E-state index in [2.05, 4.69) is 0 Å². The van der Waals surface area contributed by atoms with Gasteiger partial charge in [-0.05, 0) is 0 Å². The SMILES string of the molecule is CN(C)c1c2cccc-2c1=O. The van der Waals surface area contributed by atoms with E-state index in [9.17, 15) is 4.79 Å². The molecule has 0 aromatic heterocycles. The second kappa shape index (κ2) is 1.84. The van der Waals surface area contributed by atoms with Gasteiger partial charge in [-0.15, -0.1) is 0 Å². The summed E-state index contributed by atoms with van der Waals surface area (Å²) >= 11 is 0. The van der Waals surface area contributed by atoms with Gasteiger partial charge in [0.25, 0.3) is 0 Å². The quantitative estimate of drug-likeness (QED) is 0.602. The number of nitrogens with zero attached hydrogens (tertiary/aromatic N) is 1. The fraction of sp³-hybridized carbons (Fsp3) is 0.222. The predicted octanol–water partition coefficient (Wildman–Crippen LogP) is 1.09. The average molecular weight is 147 g/mol. The molecule has 0 aromatic carbocycles. The molecule has 2 rings (SSSR count). The molecule has 0 fully saturated rings. The highest BCUT2D eigenvalue weighted by molar-refractivity contribution is 5.89. The molecule has 0 atom stereocenters. The van der Waals surface area contributed by atoms with Gasteiger partial charge in [0, 0.05) is 25.2 Å². The molecular weight excluding hydrogens is 138 g/mol. The van der Waals surface area contributed by atoms with Gasteiger partial charge in [0.15, 0.2) is 0 Å². The molecule has 0 amide bonds. The Morgan fingerprint density at radius 3 is 2.45 bits per heavy atom. The van der Waals surface area contributed by atoms with Gasteiger partial charge < -0.3 is 4.90 Å². The zero-order valence-corrected chi connectivity index (χ0v) is 6.59. The van der Waals surface area contributed by atoms with Crippen molar-refractivity contribution >= 4 is 5.69 Å². The van der Waals surface area contributed by atoms with E-state index in [0.29, 0.717) is 0 Å². The Morgan fingerprint density at radius 1 is 1.18 bits per heavy atom. The maximum absolute atomic E-state index is 11.3. The summed E-state index contributed by atoms with van der Waals surface area (Å²) < 4.78 is 0. The first-order chi connectivity index (χ1) is 5.22. The third-order valence-electron chi connectivity index (χ3n) is 1.98. The van der Waals surface area contributed by atoms with Crippen LogP contribution in [-0.4, -0.2) is 14.1 Å². The average Bonchev–Trinajstić information content (AvgIpc) is 2.30. The summed E-state index contributed by atoms with van der Waals surface area (Å²) in [5, 5.41) is 0. The second-order valence-electron chi connectivity index (χ2n) is 2.93. The zero-order chi connectivity index (χ0) is 8.01. The highest BCUT2D eigenvalue weighted by Crippen LogP contribution is 2.32. The lowest BCUT2D eigenvalue weighted by Gasteiger charge is -2.19. The van der Waals surface area contributed by atoms with Crippen LogP contribution in [0.1, 0.15) is 0 Å². The summed E-state index contributed by atoms with van der Waals surface area (Å²) in [7, 11) is 3.78. The minimum atomic E-state index is 0.176. The van der Waals surface area contributed by atoms with E-state index >= 15 is 0 Å². The maximum Gasteiger partial charge on any atom is 0.210 e. The van der Waals surface area contributed by atoms with Crippen LogP contribution in [0.15, 0.2) is 23.0 Å². The number of fused-ring (bicyclic) bond motifs is 1. The molecule has 2 nitrogen and oxygen atoms in total. The van der Waals surface area contributed by atoms with Gasteiger partial charge in [-0.2, -0.15) is 0 Å². The van der Waals surface area contributed by atoms with Crippen LogP contribution in [0, 0.1) is 0 Å². The van der Waals surface area contributed by atoms with Crippen LogP contribution in [-0.2, 0) is 0 Å². The molecule has 0 bridgehead atoms. The van der Waals surface area contributed by atoms with Crippen molar-refractivity contribution in [1.29, 1.82) is 0 Å². The van der Waals surface area contributed by atoms with Crippen molar-refractivity contribution in [2.75, 3.05) is 19.0 Å². The third kappa shape index (κ3) is 0.638. The molecule has 11 heavy (non-hydrogen) atoms. The van der Waals surface area contributed by atoms with Crippen molar-refractivity contribution in [3.63, 3.8) is 0 Å². The van der Waals surface area contributed by atoms with Crippen LogP contribution in [0.25, 0.3) is 11.1 Å². The largest absolute Gasteiger partial charge is 0.374 e. The van der Waals surface area contributed by atoms with Crippen LogP contribution in [0.5, 0.6) is 0 Å². The van der Waals surface area contributed by atoms with E-state index in [0.717, 1.165) is 16.8 Å². The van der Waals surface area contributed by atoms with Gasteiger partial charge in [0.05, 0.1) is 5.69 Å². The molecule has 0 saturated heterocycles. The monoisotopic (exact) mass is 147 g/mol. The summed E-state index contributed by atoms with van der Waals surface area (Å²) in [4.78, 5) is 13.1. The summed E-state index contributed by atoms with van der Waals surface area (Å²) in [6, 6.07) is 5.76. The Morgan fingerprint density at radius 2 is 1.82 bits per heavy atom. The van der Waals surface area contributed by atoms with Crippen LogP contribution in [0.4, 0.5) is 5.69 Å². The maximum atomic E-state index is 11.3. The molecule has 0 heterocycles. The standard InChI is InChI=1S/C9H9NO/c1-10(2)8-6-4-3-5-7(6)9(8)11/h3-5H,1-2H3. The van der Waals surface area contributed by atoms with Gasteiger partial charge in [-0.1, -0.05) is 18.2 Å². The molecule has 0 radical (unpaired) electrons. The van der Waals surface area contributed by atoms with Gasteiger partial charge in [-0.25, -0.2) is 0 Å². The normalized spacial score (nSPS) is 11.1. The Kier molecular flexibility index (Phi) is 1.07. The van der Waals surface area contributed by atoms with E-state index in [4.69, 9.17) is 0 Å². The van der Waals surface area contributed by atoms with Crippen molar-refractivity contribution in [2.24, 2.45) is 0 Å². The molecule has 0 N–H and O–H groups in total. The molecule has 56 valence electrons. The second-order valence-corrected chi connectivity index (χ2v) is 2.93. The summed E-state index contributed by atoms with van der Waals surface area (Å²) in [5.74, 6) is 0. The molecule has 0 aliphatic heterocycles. The summed E-state index contributed by atoms with van der Waals surface area (Å²) in [6.07, 6.45) is 0. The Bertz CT molecular complexity index is 369. The molecule has 0 aromatic rings. The van der Waals surface area contributed by atoms with Crippen molar-refractivity contribution in [3.8, 4) is 11.1 Å². The van der Waals surface area contributed by atoms with Crippen LogP contribution in [0.2, 0.25) is 0 Å². The summed E-state index contributed by atoms with van der Waals surface area (Å²) in [6.45, 7) is 0. The first-order valence-electron chi connectivity index (χ1n) is 3.57. The van der Waals surface area contributed by atoms with Gasteiger partial charge in [0.2, 0.25) is 5.43 Å². The van der Waals surface area contributed by atoms with E-state index in [1.807, 2.05) is 37.2 Å². The molecule has 0 saturated carbocycles. The van der Waals surface area contributed by atoms with Crippen molar-refractivity contribution in [3.05, 3.63) is 28.4 Å². The molecular formula is C9H9NO. The number of rotatable bonds is 1. The Labute approximate surface area is 65.1 Å². The van der Waals surface area contributed by atoms with Crippen LogP contribution in [0.3, 0.4) is 0 Å². The van der Waals surface area contributed by atoms with Crippen LogP contribution >= 0.6 is 0 Å². The molecule has 2 heteroatoms. The lowest BCUT2D eigenvalue weighted by molar-refractivity contribution is 1.11. The van der Waals surface area contributed by atoms with E-state index in [-0.39, 0.29) is 5.43 Å². The van der Waals surface area contributed by atoms with E-state index in [1.54, 1.807) is 0 Å². The third-order valence-corrected chi connectivity index (χ3v) is 1.98. The van der Waals surface area contributed by atoms with Crippen molar-refractivity contribution < 1.29 is 0 Å². The van der Waals surface area contributed by atoms with Gasteiger partial charge >= 0.3 is 0 Å². The number of hydrogen-bond acceptors (Lipinski definition) is 2. The molecule has 2 aliphatic rings. The fourth-order valence-corrected chi connectivity index (χ4v) is 1.46. The molecule has 0 spiro atoms. The van der Waals surface area contributed by atoms with E-state index in [1.165, 1.54) is 0 Å². The lowest BCUT2D eigenvalue weighted by Crippen LogP contribution is -2.25. The number of hydrogen-bond donors (Lipinski definition) is 0. The Balaban J connectivity index is 2.68. The topological polar surface area (TPSA) is 20.3 Å². The fourth-order valence-electron chi connectivity index (χ4n) is 1.46. The molecule has 2 aliphatic carbocycles. The van der Waals surface area contributed by atoms with Gasteiger partial charge in [-0.3, -0.25) is 4.79 Å². The highest BCUT2D eigenvalue weighted by atomic mass is 16.1. The predicted molar refractivity (Wildman–Crippen MR) is 46.0 cm³/mol. The zero-order valence-electron chi connectivity index (χ0n) is 6.59.